The molecule has 13 nitrogen and oxygen atoms in total. The van der Waals surface area contributed by atoms with Gasteiger partial charge in [-0.3, -0.25) is 4.79 Å². The van der Waals surface area contributed by atoms with Crippen LogP contribution < -0.4 is 9.22 Å². The largest absolute Gasteiger partial charge is 0.988 e. The van der Waals surface area contributed by atoms with Gasteiger partial charge in [0, 0.05) is 38.0 Å². The van der Waals surface area contributed by atoms with Crippen LogP contribution in [0.3, 0.4) is 0 Å². The minimum Gasteiger partial charge on any atom is -0.599 e. The summed E-state index contributed by atoms with van der Waals surface area (Å²) in [7, 11) is -5.30. The summed E-state index contributed by atoms with van der Waals surface area (Å²) in [5, 5.41) is 30.7. The van der Waals surface area contributed by atoms with E-state index in [-0.39, 0.29) is 87.6 Å². The molecule has 1 aromatic heterocycles. The lowest BCUT2D eigenvalue weighted by molar-refractivity contribution is -0.0991. The van der Waals surface area contributed by atoms with Gasteiger partial charge in [-0.15, -0.1) is 0 Å². The first-order valence-electron chi connectivity index (χ1n) is 17.4. The maximum Gasteiger partial charge on any atom is 0.988 e. The SMILES string of the molecule is CO[Si]12OC(C(C)C)C(C)C(C)C(C)C(C)C(C(C)C(C)C)O[Si](OC)([O][Al]([O]c3cc(O)c4c(=O)cc(-c5ccc(O)c(O)c5)oc4c3)[O]1)O2. The number of phenols is 3. The van der Waals surface area contributed by atoms with Gasteiger partial charge in [0.25, 0.3) is 0 Å². The van der Waals surface area contributed by atoms with Crippen LogP contribution >= 0.6 is 0 Å². The standard InChI is InChI=1S/C20H42O7Si2.C15H10O6.Al/c1-12(2)14(5)20-18(9)16(7)15(6)17(8)19(13(3)4)25-28(21,23-10)27-29(22,24-11)26-20;16-8-4-11(19)15-12(20)6-13(21-14(15)5-8)7-1-2-9(17)10(18)3-7;/h12-20H,1-11H3;1-6,16-19H;/q-2;;+3/p-1. The normalized spacial score (nSPS) is 31.1. The van der Waals surface area contributed by atoms with Crippen LogP contribution in [-0.4, -0.2) is 75.0 Å². The van der Waals surface area contributed by atoms with E-state index in [1.54, 1.807) is 0 Å². The maximum absolute atomic E-state index is 13.1. The molecule has 280 valence electrons. The first-order chi connectivity index (χ1) is 23.9. The van der Waals surface area contributed by atoms with Crippen LogP contribution in [0.15, 0.2) is 45.6 Å². The summed E-state index contributed by atoms with van der Waals surface area (Å²) in [6.07, 6.45) is -0.654. The van der Waals surface area contributed by atoms with E-state index in [2.05, 4.69) is 62.3 Å². The summed E-state index contributed by atoms with van der Waals surface area (Å²) in [5.74, 6) is 0.105. The van der Waals surface area contributed by atoms with Crippen molar-refractivity contribution in [1.29, 1.82) is 0 Å². The molecule has 16 heteroatoms. The van der Waals surface area contributed by atoms with Gasteiger partial charge in [-0.2, -0.15) is 0 Å². The van der Waals surface area contributed by atoms with E-state index in [1.165, 1.54) is 50.6 Å². The van der Waals surface area contributed by atoms with Gasteiger partial charge >= 0.3 is 33.2 Å². The summed E-state index contributed by atoms with van der Waals surface area (Å²) in [6.45, 7) is 19.5. The zero-order valence-electron chi connectivity index (χ0n) is 31.2. The number of hydrogen-bond acceptors (Lipinski definition) is 13. The second kappa shape index (κ2) is 15.5. The van der Waals surface area contributed by atoms with Crippen LogP contribution in [0.4, 0.5) is 0 Å². The molecule has 2 fully saturated rings. The van der Waals surface area contributed by atoms with Crippen LogP contribution in [-0.2, 0) is 28.8 Å². The third kappa shape index (κ3) is 8.07. The minimum absolute atomic E-state index is 0.00124. The number of hydrogen-bond donors (Lipinski definition) is 3. The predicted molar refractivity (Wildman–Crippen MR) is 193 cm³/mol. The molecule has 2 aliphatic heterocycles. The first kappa shape index (κ1) is 39.7. The highest BCUT2D eigenvalue weighted by atomic mass is 28.5. The lowest BCUT2D eigenvalue weighted by Crippen LogP contribution is -2.72. The van der Waals surface area contributed by atoms with E-state index in [1.807, 2.05) is 0 Å². The van der Waals surface area contributed by atoms with Gasteiger partial charge in [0.1, 0.15) is 22.5 Å². The molecule has 0 amide bonds. The van der Waals surface area contributed by atoms with Gasteiger partial charge in [-0.05, 0) is 59.6 Å². The van der Waals surface area contributed by atoms with Crippen molar-refractivity contribution in [3.63, 3.8) is 0 Å². The van der Waals surface area contributed by atoms with Gasteiger partial charge in [-0.25, -0.2) is 0 Å². The Kier molecular flexibility index (Phi) is 12.1. The predicted octanol–water partition coefficient (Wildman–Crippen LogP) is 6.44. The third-order valence-corrected chi connectivity index (χ3v) is 19.3. The lowest BCUT2D eigenvalue weighted by Gasteiger charge is -2.45. The van der Waals surface area contributed by atoms with Crippen molar-refractivity contribution in [3.05, 3.63) is 46.6 Å². The Morgan fingerprint density at radius 3 is 1.88 bits per heavy atom. The third-order valence-electron chi connectivity index (χ3n) is 10.8. The zero-order chi connectivity index (χ0) is 37.6. The Balaban J connectivity index is 1.60. The van der Waals surface area contributed by atoms with Crippen molar-refractivity contribution >= 4 is 44.2 Å². The fourth-order valence-corrected chi connectivity index (χ4v) is 16.7. The molecule has 0 saturated carbocycles. The van der Waals surface area contributed by atoms with Crippen LogP contribution in [0.25, 0.3) is 22.3 Å². The molecule has 3 N–H and O–H groups in total. The highest BCUT2D eigenvalue weighted by Crippen LogP contribution is 2.43. The van der Waals surface area contributed by atoms with E-state index in [9.17, 15) is 20.1 Å². The number of phenolic OH excluding ortho intramolecular Hbond substituents is 3. The van der Waals surface area contributed by atoms with E-state index in [0.29, 0.717) is 5.56 Å². The second-order valence-electron chi connectivity index (χ2n) is 14.6. The molecule has 51 heavy (non-hydrogen) atoms. The number of aromatic hydroxyl groups is 3. The molecule has 5 rings (SSSR count). The van der Waals surface area contributed by atoms with Gasteiger partial charge < -0.3 is 52.3 Å². The van der Waals surface area contributed by atoms with Crippen molar-refractivity contribution in [1.82, 2.24) is 0 Å². The van der Waals surface area contributed by atoms with Gasteiger partial charge in [0.15, 0.2) is 16.9 Å². The topological polar surface area (TPSA) is 165 Å². The monoisotopic (exact) mass is 762 g/mol. The molecule has 9 unspecified atom stereocenters. The van der Waals surface area contributed by atoms with Gasteiger partial charge in [-0.1, -0.05) is 62.3 Å². The molecule has 0 radical (unpaired) electrons. The summed E-state index contributed by atoms with van der Waals surface area (Å²) in [6, 6.07) is 7.92. The molecular formula is C35H51AlO13Si2. The molecule has 9 atom stereocenters. The Hall–Kier alpha value is -2.46. The summed E-state index contributed by atoms with van der Waals surface area (Å²) in [5.41, 5.74) is -0.198. The molecule has 2 aliphatic rings. The average Bonchev–Trinajstić information content (AvgIpc) is 3.08. The van der Waals surface area contributed by atoms with Crippen LogP contribution in [0.5, 0.6) is 23.0 Å². The van der Waals surface area contributed by atoms with Crippen molar-refractivity contribution in [2.24, 2.45) is 41.4 Å². The molecule has 0 spiro atoms. The molecule has 2 saturated heterocycles. The molecule has 0 aliphatic carbocycles. The van der Waals surface area contributed by atoms with E-state index in [4.69, 9.17) is 37.0 Å². The molecule has 2 aromatic carbocycles. The number of fused-ring (bicyclic) bond motifs is 3. The summed E-state index contributed by atoms with van der Waals surface area (Å²) >= 11 is -3.41. The van der Waals surface area contributed by atoms with E-state index < -0.39 is 44.4 Å². The van der Waals surface area contributed by atoms with Crippen molar-refractivity contribution < 1.29 is 52.3 Å². The number of rotatable bonds is 8. The smallest absolute Gasteiger partial charge is 0.599 e. The molecule has 3 heterocycles. The summed E-state index contributed by atoms with van der Waals surface area (Å²) in [4.78, 5) is 13.1. The minimum atomic E-state index is -4.12. The summed E-state index contributed by atoms with van der Waals surface area (Å²) < 4.78 is 57.8. The van der Waals surface area contributed by atoms with Crippen LogP contribution in [0.2, 0.25) is 0 Å². The second-order valence-corrected chi connectivity index (χ2v) is 21.4. The fraction of sp³-hybridized carbons (Fsp3) is 0.571. The Morgan fingerprint density at radius 1 is 0.745 bits per heavy atom. The van der Waals surface area contributed by atoms with E-state index >= 15 is 0 Å². The lowest BCUT2D eigenvalue weighted by atomic mass is 9.70. The number of benzene rings is 2. The molecular weight excluding hydrogens is 712 g/mol. The maximum atomic E-state index is 13.1. The van der Waals surface area contributed by atoms with Crippen molar-refractivity contribution in [2.75, 3.05) is 14.2 Å². The highest BCUT2D eigenvalue weighted by molar-refractivity contribution is 6.78. The highest BCUT2D eigenvalue weighted by Gasteiger charge is 2.72. The average molecular weight is 763 g/mol. The molecule has 3 aromatic rings. The fourth-order valence-electron chi connectivity index (χ4n) is 6.94. The molecule has 2 bridgehead atoms. The van der Waals surface area contributed by atoms with Gasteiger partial charge in [0.2, 0.25) is 0 Å². The Labute approximate surface area is 306 Å². The van der Waals surface area contributed by atoms with Crippen molar-refractivity contribution in [3.8, 4) is 34.3 Å². The van der Waals surface area contributed by atoms with Crippen LogP contribution in [0.1, 0.15) is 62.3 Å². The van der Waals surface area contributed by atoms with Crippen molar-refractivity contribution in [2.45, 2.75) is 74.5 Å². The van der Waals surface area contributed by atoms with Gasteiger partial charge in [0.05, 0.1) is 18.0 Å². The van der Waals surface area contributed by atoms with Crippen LogP contribution in [0, 0.1) is 41.4 Å². The zero-order valence-corrected chi connectivity index (χ0v) is 34.3. The first-order valence-corrected chi connectivity index (χ1v) is 22.1. The quantitative estimate of drug-likeness (QED) is 0.170. The Morgan fingerprint density at radius 2 is 1.33 bits per heavy atom. The Bertz CT molecular complexity index is 1760. The van der Waals surface area contributed by atoms with E-state index in [0.717, 1.165) is 0 Å².